The summed E-state index contributed by atoms with van der Waals surface area (Å²) < 4.78 is 29.1. The van der Waals surface area contributed by atoms with Crippen molar-refractivity contribution in [3.05, 3.63) is 125 Å². The van der Waals surface area contributed by atoms with Crippen LogP contribution in [0.1, 0.15) is 0 Å². The van der Waals surface area contributed by atoms with Crippen molar-refractivity contribution in [2.45, 2.75) is 4.90 Å². The number of benzene rings is 2. The van der Waals surface area contributed by atoms with E-state index in [0.29, 0.717) is 44.1 Å². The number of halogens is 1. The topological polar surface area (TPSA) is 97.7 Å². The first-order valence-corrected chi connectivity index (χ1v) is 13.5. The van der Waals surface area contributed by atoms with Crippen molar-refractivity contribution in [2.24, 2.45) is 0 Å². The van der Waals surface area contributed by atoms with E-state index in [1.54, 1.807) is 73.1 Å². The average molecular weight is 539 g/mol. The molecular formula is C29H19ClN4O3S. The van der Waals surface area contributed by atoms with Gasteiger partial charge in [0, 0.05) is 46.2 Å². The van der Waals surface area contributed by atoms with Gasteiger partial charge in [-0.15, -0.1) is 0 Å². The number of nitrogens with one attached hydrogen (secondary N) is 1. The van der Waals surface area contributed by atoms with Crippen molar-refractivity contribution in [1.82, 2.24) is 18.9 Å². The molecule has 9 heteroatoms. The van der Waals surface area contributed by atoms with Crippen LogP contribution in [0.2, 0.25) is 5.02 Å². The van der Waals surface area contributed by atoms with E-state index in [1.807, 2.05) is 24.3 Å². The van der Waals surface area contributed by atoms with Crippen LogP contribution in [0.5, 0.6) is 0 Å². The van der Waals surface area contributed by atoms with E-state index in [-0.39, 0.29) is 16.1 Å². The van der Waals surface area contributed by atoms with Gasteiger partial charge < -0.3 is 4.98 Å². The van der Waals surface area contributed by atoms with Crippen molar-refractivity contribution in [1.29, 1.82) is 0 Å². The van der Waals surface area contributed by atoms with E-state index < -0.39 is 10.0 Å². The second-order valence-corrected chi connectivity index (χ2v) is 10.8. The van der Waals surface area contributed by atoms with Crippen LogP contribution in [0.15, 0.2) is 119 Å². The molecule has 1 N–H and O–H groups in total. The molecule has 186 valence electrons. The Morgan fingerprint density at radius 3 is 2.34 bits per heavy atom. The Morgan fingerprint density at radius 2 is 1.58 bits per heavy atom. The Bertz CT molecular complexity index is 1970. The van der Waals surface area contributed by atoms with Crippen LogP contribution in [-0.4, -0.2) is 27.3 Å². The minimum atomic E-state index is -4.02. The van der Waals surface area contributed by atoms with Gasteiger partial charge in [0.1, 0.15) is 0 Å². The monoisotopic (exact) mass is 538 g/mol. The number of fused-ring (bicyclic) bond motifs is 1. The normalized spacial score (nSPS) is 11.6. The Kier molecular flexibility index (Phi) is 5.90. The molecule has 0 radical (unpaired) electrons. The zero-order chi connectivity index (χ0) is 26.3. The highest BCUT2D eigenvalue weighted by Crippen LogP contribution is 2.37. The summed E-state index contributed by atoms with van der Waals surface area (Å²) >= 11 is 6.40. The number of pyridine rings is 3. The number of aromatic amines is 1. The molecule has 4 aromatic heterocycles. The van der Waals surface area contributed by atoms with Crippen molar-refractivity contribution in [3.8, 4) is 33.6 Å². The Labute approximate surface area is 223 Å². The number of H-pyrrole nitrogens is 1. The predicted octanol–water partition coefficient (Wildman–Crippen LogP) is 6.01. The summed E-state index contributed by atoms with van der Waals surface area (Å²) in [6, 6.07) is 25.8. The minimum absolute atomic E-state index is 0.131. The molecule has 38 heavy (non-hydrogen) atoms. The molecule has 2 aromatic carbocycles. The van der Waals surface area contributed by atoms with Crippen molar-refractivity contribution < 1.29 is 8.42 Å². The number of hydrogen-bond acceptors (Lipinski definition) is 5. The number of rotatable bonds is 5. The molecular weight excluding hydrogens is 520 g/mol. The molecule has 0 atom stereocenters. The maximum atomic E-state index is 13.9. The number of hydrogen-bond donors (Lipinski definition) is 1. The fraction of sp³-hybridized carbons (Fsp3) is 0. The molecule has 7 nitrogen and oxygen atoms in total. The van der Waals surface area contributed by atoms with Gasteiger partial charge in [-0.3, -0.25) is 9.78 Å². The molecule has 4 heterocycles. The van der Waals surface area contributed by atoms with Gasteiger partial charge >= 0.3 is 0 Å². The lowest BCUT2D eigenvalue weighted by Gasteiger charge is -2.12. The molecule has 6 rings (SSSR count). The highest BCUT2D eigenvalue weighted by atomic mass is 35.5. The Hall–Kier alpha value is -4.53. The molecule has 0 amide bonds. The van der Waals surface area contributed by atoms with E-state index in [0.717, 1.165) is 0 Å². The lowest BCUT2D eigenvalue weighted by atomic mass is 10.0. The molecule has 0 aliphatic carbocycles. The smallest absolute Gasteiger partial charge is 0.269 e. The number of aromatic nitrogens is 4. The third-order valence-electron chi connectivity index (χ3n) is 6.22. The summed E-state index contributed by atoms with van der Waals surface area (Å²) in [7, 11) is -4.02. The number of nitrogens with zero attached hydrogens (tertiary/aromatic N) is 3. The third kappa shape index (κ3) is 4.09. The lowest BCUT2D eigenvalue weighted by molar-refractivity contribution is 0.589. The van der Waals surface area contributed by atoms with Gasteiger partial charge in [0.05, 0.1) is 16.3 Å². The molecule has 0 saturated carbocycles. The van der Waals surface area contributed by atoms with E-state index in [9.17, 15) is 13.2 Å². The van der Waals surface area contributed by atoms with Gasteiger partial charge in [-0.05, 0) is 59.7 Å². The summed E-state index contributed by atoms with van der Waals surface area (Å²) in [6.07, 6.45) is 4.77. The van der Waals surface area contributed by atoms with Crippen LogP contribution < -0.4 is 5.56 Å². The van der Waals surface area contributed by atoms with Crippen LogP contribution in [-0.2, 0) is 10.0 Å². The summed E-state index contributed by atoms with van der Waals surface area (Å²) in [5.74, 6) is 0. The van der Waals surface area contributed by atoms with Gasteiger partial charge in [-0.25, -0.2) is 17.4 Å². The third-order valence-corrected chi connectivity index (χ3v) is 8.27. The van der Waals surface area contributed by atoms with E-state index in [2.05, 4.69) is 15.0 Å². The van der Waals surface area contributed by atoms with Gasteiger partial charge in [-0.1, -0.05) is 48.0 Å². The molecule has 0 aliphatic heterocycles. The molecule has 0 spiro atoms. The molecule has 6 aromatic rings. The standard InChI is InChI=1S/C29H19ClN4O3S/c30-25-11-5-4-10-23(25)26-15-20(16-28(35)33-26)22-12-14-32-29-24(22)17-27(19-7-6-13-31-18-19)34(29)38(36,37)21-8-2-1-3-9-21/h1-18H,(H,33,35). The first-order valence-electron chi connectivity index (χ1n) is 11.6. The lowest BCUT2D eigenvalue weighted by Crippen LogP contribution is -2.14. The highest BCUT2D eigenvalue weighted by molar-refractivity contribution is 7.90. The maximum absolute atomic E-state index is 13.9. The highest BCUT2D eigenvalue weighted by Gasteiger charge is 2.26. The van der Waals surface area contributed by atoms with Crippen molar-refractivity contribution in [2.75, 3.05) is 0 Å². The van der Waals surface area contributed by atoms with Gasteiger partial charge in [0.2, 0.25) is 5.56 Å². The average Bonchev–Trinajstić information content (AvgIpc) is 3.35. The quantitative estimate of drug-likeness (QED) is 0.290. The minimum Gasteiger partial charge on any atom is -0.322 e. The maximum Gasteiger partial charge on any atom is 0.269 e. The Morgan fingerprint density at radius 1 is 0.789 bits per heavy atom. The largest absolute Gasteiger partial charge is 0.322 e. The second-order valence-electron chi connectivity index (χ2n) is 8.58. The van der Waals surface area contributed by atoms with Crippen LogP contribution >= 0.6 is 11.6 Å². The summed E-state index contributed by atoms with van der Waals surface area (Å²) in [4.78, 5) is 24.4. The van der Waals surface area contributed by atoms with Crippen LogP contribution in [0.4, 0.5) is 0 Å². The summed E-state index contributed by atoms with van der Waals surface area (Å²) in [6.45, 7) is 0. The Balaban J connectivity index is 1.65. The van der Waals surface area contributed by atoms with Gasteiger partial charge in [0.25, 0.3) is 10.0 Å². The van der Waals surface area contributed by atoms with Crippen molar-refractivity contribution in [3.63, 3.8) is 0 Å². The first-order chi connectivity index (χ1) is 18.4. The van der Waals surface area contributed by atoms with E-state index in [4.69, 9.17) is 11.6 Å². The first kappa shape index (κ1) is 23.8. The van der Waals surface area contributed by atoms with Gasteiger partial charge in [-0.2, -0.15) is 0 Å². The molecule has 0 bridgehead atoms. The fourth-order valence-electron chi connectivity index (χ4n) is 4.51. The second kappa shape index (κ2) is 9.41. The van der Waals surface area contributed by atoms with E-state index in [1.165, 1.54) is 16.2 Å². The molecule has 0 aliphatic rings. The fourth-order valence-corrected chi connectivity index (χ4v) is 6.25. The van der Waals surface area contributed by atoms with Crippen LogP contribution in [0.3, 0.4) is 0 Å². The van der Waals surface area contributed by atoms with Crippen LogP contribution in [0.25, 0.3) is 44.7 Å². The zero-order valence-electron chi connectivity index (χ0n) is 19.7. The van der Waals surface area contributed by atoms with Crippen LogP contribution in [0, 0.1) is 0 Å². The molecule has 0 fully saturated rings. The SMILES string of the molecule is O=c1cc(-c2ccnc3c2cc(-c2cccnc2)n3S(=O)(=O)c2ccccc2)cc(-c2ccccc2Cl)[nH]1. The van der Waals surface area contributed by atoms with E-state index >= 15 is 0 Å². The molecule has 0 unspecified atom stereocenters. The zero-order valence-corrected chi connectivity index (χ0v) is 21.3. The molecule has 0 saturated heterocycles. The summed E-state index contributed by atoms with van der Waals surface area (Å²) in [5, 5.41) is 1.07. The summed E-state index contributed by atoms with van der Waals surface area (Å²) in [5.41, 5.74) is 3.43. The van der Waals surface area contributed by atoms with Crippen molar-refractivity contribution >= 4 is 32.7 Å². The van der Waals surface area contributed by atoms with Gasteiger partial charge in [0.15, 0.2) is 5.65 Å². The predicted molar refractivity (Wildman–Crippen MR) is 148 cm³/mol.